The van der Waals surface area contributed by atoms with Gasteiger partial charge in [-0.3, -0.25) is 15.0 Å². The highest BCUT2D eigenvalue weighted by molar-refractivity contribution is 5.97. The second-order valence-electron chi connectivity index (χ2n) is 9.41. The van der Waals surface area contributed by atoms with Gasteiger partial charge in [0.1, 0.15) is 5.69 Å². The number of benzene rings is 1. The highest BCUT2D eigenvalue weighted by atomic mass is 19.3. The molecule has 0 atom stereocenters. The van der Waals surface area contributed by atoms with Gasteiger partial charge in [-0.25, -0.2) is 8.78 Å². The van der Waals surface area contributed by atoms with Crippen molar-refractivity contribution in [1.29, 1.82) is 0 Å². The average molecular weight is 473 g/mol. The third-order valence-corrected chi connectivity index (χ3v) is 6.64. The number of hydrogen-bond acceptors (Lipinski definition) is 4. The molecule has 1 aliphatic carbocycles. The Morgan fingerprint density at radius 1 is 1.17 bits per heavy atom. The molecule has 2 fully saturated rings. The summed E-state index contributed by atoms with van der Waals surface area (Å²) in [4.78, 5) is 9.61. The molecule has 0 amide bonds. The van der Waals surface area contributed by atoms with Gasteiger partial charge >= 0.3 is 0 Å². The van der Waals surface area contributed by atoms with Crippen molar-refractivity contribution >= 4 is 27.5 Å². The zero-order chi connectivity index (χ0) is 24.0. The number of H-pyrrole nitrogens is 2. The normalized spacial score (nSPS) is 18.6. The van der Waals surface area contributed by atoms with Gasteiger partial charge in [-0.05, 0) is 66.0 Å². The van der Waals surface area contributed by atoms with Gasteiger partial charge in [0.05, 0.1) is 28.8 Å². The number of alkyl halides is 2. The average Bonchev–Trinajstić information content (AvgIpc) is 3.25. The summed E-state index contributed by atoms with van der Waals surface area (Å²) in [5.41, 5.74) is 14.6. The minimum Gasteiger partial charge on any atom is -0.404 e. The van der Waals surface area contributed by atoms with E-state index in [1.807, 2.05) is 41.3 Å². The summed E-state index contributed by atoms with van der Waals surface area (Å²) in [6, 6.07) is 11.9. The summed E-state index contributed by atoms with van der Waals surface area (Å²) in [7, 11) is 0. The molecule has 1 aromatic carbocycles. The van der Waals surface area contributed by atoms with Gasteiger partial charge in [0.15, 0.2) is 0 Å². The standard InChI is InChI=1S/C27H26F2N6/c28-27(29)7-9-35(16-27)15-18(10-17-3-4-17)11-20(14-30)19-5-6-22-21(12-19)26(34-33-22)25-13-24-23(32-25)2-1-8-31-24/h1-2,5-6,8,10-14,32H,3-4,7,9,15-16,30H2,(H,33,34)/b18-11+,20-14+. The molecule has 0 spiro atoms. The summed E-state index contributed by atoms with van der Waals surface area (Å²) in [5, 5.41) is 8.60. The molecule has 8 heteroatoms. The number of nitrogens with two attached hydrogens (primary N) is 1. The number of rotatable bonds is 6. The maximum Gasteiger partial charge on any atom is 0.261 e. The number of fused-ring (bicyclic) bond motifs is 2. The van der Waals surface area contributed by atoms with Gasteiger partial charge in [0.2, 0.25) is 0 Å². The number of likely N-dealkylation sites (tertiary alicyclic amines) is 1. The van der Waals surface area contributed by atoms with E-state index in [4.69, 9.17) is 5.73 Å². The molecular weight excluding hydrogens is 446 g/mol. The third-order valence-electron chi connectivity index (χ3n) is 6.64. The van der Waals surface area contributed by atoms with Gasteiger partial charge in [-0.1, -0.05) is 17.7 Å². The van der Waals surface area contributed by atoms with E-state index in [1.54, 1.807) is 12.4 Å². The second-order valence-corrected chi connectivity index (χ2v) is 9.41. The Morgan fingerprint density at radius 2 is 2.06 bits per heavy atom. The monoisotopic (exact) mass is 472 g/mol. The smallest absolute Gasteiger partial charge is 0.261 e. The topological polar surface area (TPSA) is 86.6 Å². The molecule has 4 N–H and O–H groups in total. The minimum absolute atomic E-state index is 0.0837. The fraction of sp³-hybridized carbons (Fsp3) is 0.259. The van der Waals surface area contributed by atoms with Crippen LogP contribution in [-0.4, -0.2) is 50.6 Å². The molecule has 178 valence electrons. The summed E-state index contributed by atoms with van der Waals surface area (Å²) >= 11 is 0. The Hall–Kier alpha value is -3.78. The Bertz CT molecular complexity index is 1470. The first kappa shape index (κ1) is 21.7. The number of nitrogens with zero attached hydrogens (tertiary/aromatic N) is 3. The highest BCUT2D eigenvalue weighted by Crippen LogP contribution is 2.33. The van der Waals surface area contributed by atoms with E-state index in [0.29, 0.717) is 13.1 Å². The number of hydrogen-bond donors (Lipinski definition) is 3. The van der Waals surface area contributed by atoms with Crippen molar-refractivity contribution in [2.75, 3.05) is 19.6 Å². The first-order chi connectivity index (χ1) is 17.0. The van der Waals surface area contributed by atoms with E-state index in [1.165, 1.54) is 5.57 Å². The molecule has 1 aliphatic heterocycles. The maximum absolute atomic E-state index is 13.8. The van der Waals surface area contributed by atoms with Crippen molar-refractivity contribution in [3.63, 3.8) is 0 Å². The summed E-state index contributed by atoms with van der Waals surface area (Å²) in [5.74, 6) is -2.61. The molecular formula is C27H26F2N6. The number of aromatic amines is 2. The lowest BCUT2D eigenvalue weighted by Gasteiger charge is -2.17. The van der Waals surface area contributed by atoms with Crippen LogP contribution in [-0.2, 0) is 0 Å². The van der Waals surface area contributed by atoms with Crippen LogP contribution in [0.25, 0.3) is 38.9 Å². The van der Waals surface area contributed by atoms with Crippen LogP contribution in [0.15, 0.2) is 72.1 Å². The van der Waals surface area contributed by atoms with Crippen LogP contribution in [0, 0.1) is 0 Å². The van der Waals surface area contributed by atoms with E-state index < -0.39 is 5.92 Å². The molecule has 2 aliphatic rings. The van der Waals surface area contributed by atoms with Gasteiger partial charge in [-0.2, -0.15) is 5.10 Å². The first-order valence-electron chi connectivity index (χ1n) is 11.8. The third kappa shape index (κ3) is 4.49. The van der Waals surface area contributed by atoms with Crippen molar-refractivity contribution in [3.05, 3.63) is 77.7 Å². The van der Waals surface area contributed by atoms with E-state index in [2.05, 4.69) is 32.3 Å². The van der Waals surface area contributed by atoms with E-state index >= 15 is 0 Å². The van der Waals surface area contributed by atoms with Crippen molar-refractivity contribution in [2.45, 2.75) is 25.2 Å². The predicted octanol–water partition coefficient (Wildman–Crippen LogP) is 5.39. The van der Waals surface area contributed by atoms with Gasteiger partial charge in [0.25, 0.3) is 5.92 Å². The van der Waals surface area contributed by atoms with Gasteiger partial charge < -0.3 is 10.7 Å². The van der Waals surface area contributed by atoms with Gasteiger partial charge in [-0.15, -0.1) is 0 Å². The second kappa shape index (κ2) is 8.46. The van der Waals surface area contributed by atoms with Gasteiger partial charge in [0, 0.05) is 37.3 Å². The molecule has 3 aromatic heterocycles. The molecule has 0 radical (unpaired) electrons. The molecule has 0 unspecified atom stereocenters. The molecule has 4 heterocycles. The summed E-state index contributed by atoms with van der Waals surface area (Å²) in [6.07, 6.45) is 9.56. The Labute approximate surface area is 201 Å². The lowest BCUT2D eigenvalue weighted by Crippen LogP contribution is -2.26. The summed E-state index contributed by atoms with van der Waals surface area (Å²) in [6.45, 7) is 0.690. The van der Waals surface area contributed by atoms with Crippen LogP contribution in [0.2, 0.25) is 0 Å². The molecule has 35 heavy (non-hydrogen) atoms. The first-order valence-corrected chi connectivity index (χ1v) is 11.8. The van der Waals surface area contributed by atoms with Crippen LogP contribution >= 0.6 is 0 Å². The van der Waals surface area contributed by atoms with Crippen molar-refractivity contribution in [1.82, 2.24) is 25.1 Å². The molecule has 6 rings (SSSR count). The Morgan fingerprint density at radius 3 is 2.80 bits per heavy atom. The van der Waals surface area contributed by atoms with E-state index in [9.17, 15) is 8.78 Å². The lowest BCUT2D eigenvalue weighted by molar-refractivity contribution is 0.0131. The summed E-state index contributed by atoms with van der Waals surface area (Å²) < 4.78 is 27.5. The quantitative estimate of drug-likeness (QED) is 0.328. The van der Waals surface area contributed by atoms with Crippen LogP contribution in [0.4, 0.5) is 8.78 Å². The molecule has 1 saturated heterocycles. The van der Waals surface area contributed by atoms with Crippen molar-refractivity contribution in [3.8, 4) is 11.4 Å². The number of nitrogens with one attached hydrogen (secondary N) is 2. The largest absolute Gasteiger partial charge is 0.404 e. The Balaban J connectivity index is 1.35. The number of allylic oxidation sites excluding steroid dienone is 3. The van der Waals surface area contributed by atoms with Crippen LogP contribution < -0.4 is 5.73 Å². The maximum atomic E-state index is 13.8. The number of aromatic nitrogens is 4. The minimum atomic E-state index is -2.61. The molecule has 4 aromatic rings. The fourth-order valence-corrected chi connectivity index (χ4v) is 4.72. The van der Waals surface area contributed by atoms with Crippen LogP contribution in [0.5, 0.6) is 0 Å². The Kier molecular flexibility index (Phi) is 5.25. The van der Waals surface area contributed by atoms with Crippen LogP contribution in [0.3, 0.4) is 0 Å². The van der Waals surface area contributed by atoms with E-state index in [-0.39, 0.29) is 13.0 Å². The molecule has 1 saturated carbocycles. The zero-order valence-corrected chi connectivity index (χ0v) is 19.2. The highest BCUT2D eigenvalue weighted by Gasteiger charge is 2.38. The molecule has 0 bridgehead atoms. The molecule has 6 nitrogen and oxygen atoms in total. The van der Waals surface area contributed by atoms with Crippen molar-refractivity contribution < 1.29 is 8.78 Å². The van der Waals surface area contributed by atoms with E-state index in [0.717, 1.165) is 62.9 Å². The predicted molar refractivity (Wildman–Crippen MR) is 135 cm³/mol. The van der Waals surface area contributed by atoms with Crippen molar-refractivity contribution in [2.24, 2.45) is 5.73 Å². The number of pyridine rings is 1. The van der Waals surface area contributed by atoms with Crippen LogP contribution in [0.1, 0.15) is 24.8 Å². The zero-order valence-electron chi connectivity index (χ0n) is 19.2. The number of halogens is 2. The SMILES string of the molecule is N/C=C(\C=C(/C=C1CC1)CN1CCC(F)(F)C1)c1ccc2[nH]nc(-c3cc4ncccc4[nH]3)c2c1. The fourth-order valence-electron chi connectivity index (χ4n) is 4.72. The lowest BCUT2D eigenvalue weighted by atomic mass is 10.0.